The summed E-state index contributed by atoms with van der Waals surface area (Å²) in [6.07, 6.45) is 3.08. The molecular weight excluding hydrogens is 223 g/mol. The molecule has 0 fully saturated rings. The topological polar surface area (TPSA) is 38.9 Å². The number of nitrogens with zero attached hydrogens (tertiary/aromatic N) is 2. The van der Waals surface area contributed by atoms with E-state index in [2.05, 4.69) is 9.97 Å². The van der Waals surface area contributed by atoms with Crippen LogP contribution in [0.25, 0.3) is 11.4 Å². The zero-order valence-electron chi connectivity index (χ0n) is 7.29. The molecule has 72 valence electrons. The number of aromatic nitrogens is 2. The lowest BCUT2D eigenvalue weighted by Crippen LogP contribution is -1.92. The van der Waals surface area contributed by atoms with Crippen LogP contribution in [0.4, 0.5) is 0 Å². The smallest absolute Gasteiger partial charge is 0.165 e. The van der Waals surface area contributed by atoms with Gasteiger partial charge < -0.3 is 4.42 Å². The van der Waals surface area contributed by atoms with Gasteiger partial charge in [-0.1, -0.05) is 23.2 Å². The van der Waals surface area contributed by atoms with Gasteiger partial charge in [0.25, 0.3) is 0 Å². The van der Waals surface area contributed by atoms with E-state index in [1.54, 1.807) is 19.3 Å². The van der Waals surface area contributed by atoms with Gasteiger partial charge in [0.15, 0.2) is 5.82 Å². The Morgan fingerprint density at radius 2 is 1.86 bits per heavy atom. The van der Waals surface area contributed by atoms with Gasteiger partial charge in [-0.05, 0) is 13.0 Å². The largest absolute Gasteiger partial charge is 0.472 e. The average Bonchev–Trinajstić information content (AvgIpc) is 2.66. The Balaban J connectivity index is 2.57. The summed E-state index contributed by atoms with van der Waals surface area (Å²) in [7, 11) is 0. The first kappa shape index (κ1) is 9.49. The fraction of sp³-hybridized carbons (Fsp3) is 0.111. The standard InChI is InChI=1S/C9H6Cl2N2O/c1-5-7(10)12-9(13-8(5)11)6-2-3-14-4-6/h2-4H,1H3. The molecule has 0 spiro atoms. The van der Waals surface area contributed by atoms with Crippen LogP contribution < -0.4 is 0 Å². The second kappa shape index (κ2) is 3.59. The van der Waals surface area contributed by atoms with Gasteiger partial charge in [-0.25, -0.2) is 9.97 Å². The summed E-state index contributed by atoms with van der Waals surface area (Å²) in [5, 5.41) is 0.724. The molecule has 0 saturated heterocycles. The summed E-state index contributed by atoms with van der Waals surface area (Å²) < 4.78 is 4.91. The highest BCUT2D eigenvalue weighted by Crippen LogP contribution is 2.24. The number of hydrogen-bond donors (Lipinski definition) is 0. The Hall–Kier alpha value is -1.06. The zero-order chi connectivity index (χ0) is 10.1. The third-order valence-corrected chi connectivity index (χ3v) is 2.54. The molecule has 0 aromatic carbocycles. The second-order valence-corrected chi connectivity index (χ2v) is 3.48. The van der Waals surface area contributed by atoms with Gasteiger partial charge in [0, 0.05) is 5.56 Å². The molecule has 2 aromatic heterocycles. The van der Waals surface area contributed by atoms with E-state index in [1.807, 2.05) is 0 Å². The summed E-state index contributed by atoms with van der Waals surface area (Å²) in [5.41, 5.74) is 1.44. The van der Waals surface area contributed by atoms with Crippen molar-refractivity contribution in [2.45, 2.75) is 6.92 Å². The molecule has 0 radical (unpaired) electrons. The third kappa shape index (κ3) is 1.61. The molecule has 0 amide bonds. The lowest BCUT2D eigenvalue weighted by atomic mass is 10.3. The molecule has 0 atom stereocenters. The predicted molar refractivity (Wildman–Crippen MR) is 54.5 cm³/mol. The third-order valence-electron chi connectivity index (χ3n) is 1.81. The van der Waals surface area contributed by atoms with Crippen molar-refractivity contribution in [3.63, 3.8) is 0 Å². The molecule has 0 unspecified atom stereocenters. The van der Waals surface area contributed by atoms with Gasteiger partial charge in [-0.3, -0.25) is 0 Å². The molecule has 0 aliphatic heterocycles. The van der Waals surface area contributed by atoms with E-state index >= 15 is 0 Å². The van der Waals surface area contributed by atoms with E-state index in [0.717, 1.165) is 5.56 Å². The van der Waals surface area contributed by atoms with E-state index in [1.165, 1.54) is 6.26 Å². The molecule has 0 aliphatic carbocycles. The maximum Gasteiger partial charge on any atom is 0.165 e. The monoisotopic (exact) mass is 228 g/mol. The molecule has 5 heteroatoms. The van der Waals surface area contributed by atoms with Crippen LogP contribution >= 0.6 is 23.2 Å². The van der Waals surface area contributed by atoms with E-state index in [9.17, 15) is 0 Å². The first-order chi connectivity index (χ1) is 6.68. The summed E-state index contributed by atoms with van der Waals surface area (Å²) in [6, 6.07) is 1.75. The molecule has 0 saturated carbocycles. The highest BCUT2D eigenvalue weighted by atomic mass is 35.5. The van der Waals surface area contributed by atoms with Crippen molar-refractivity contribution >= 4 is 23.2 Å². The van der Waals surface area contributed by atoms with Crippen LogP contribution in [0.5, 0.6) is 0 Å². The van der Waals surface area contributed by atoms with Crippen molar-refractivity contribution in [3.8, 4) is 11.4 Å². The Labute approximate surface area is 90.7 Å². The minimum Gasteiger partial charge on any atom is -0.472 e. The van der Waals surface area contributed by atoms with Crippen LogP contribution in [-0.4, -0.2) is 9.97 Å². The normalized spacial score (nSPS) is 10.5. The van der Waals surface area contributed by atoms with Crippen molar-refractivity contribution in [2.75, 3.05) is 0 Å². The van der Waals surface area contributed by atoms with E-state index in [4.69, 9.17) is 27.6 Å². The molecule has 0 aliphatic rings. The first-order valence-electron chi connectivity index (χ1n) is 3.90. The van der Waals surface area contributed by atoms with Crippen molar-refractivity contribution in [3.05, 3.63) is 34.5 Å². The zero-order valence-corrected chi connectivity index (χ0v) is 8.80. The number of furan rings is 1. The summed E-state index contributed by atoms with van der Waals surface area (Å²) in [6.45, 7) is 1.77. The lowest BCUT2D eigenvalue weighted by Gasteiger charge is -2.01. The minimum atomic E-state index is 0.362. The average molecular weight is 229 g/mol. The quantitative estimate of drug-likeness (QED) is 0.703. The van der Waals surface area contributed by atoms with Crippen LogP contribution in [0.1, 0.15) is 5.56 Å². The number of hydrogen-bond acceptors (Lipinski definition) is 3. The number of halogens is 2. The molecular formula is C9H6Cl2N2O. The molecule has 2 aromatic rings. The maximum absolute atomic E-state index is 5.87. The molecule has 0 bridgehead atoms. The van der Waals surface area contributed by atoms with Crippen molar-refractivity contribution in [1.82, 2.24) is 9.97 Å². The van der Waals surface area contributed by atoms with Crippen LogP contribution in [-0.2, 0) is 0 Å². The minimum absolute atomic E-state index is 0.362. The first-order valence-corrected chi connectivity index (χ1v) is 4.66. The summed E-state index contributed by atoms with van der Waals surface area (Å²) in [5.74, 6) is 0.472. The van der Waals surface area contributed by atoms with Crippen LogP contribution in [0.15, 0.2) is 23.0 Å². The summed E-state index contributed by atoms with van der Waals surface area (Å²) in [4.78, 5) is 8.17. The molecule has 2 rings (SSSR count). The fourth-order valence-corrected chi connectivity index (χ4v) is 1.37. The van der Waals surface area contributed by atoms with Crippen molar-refractivity contribution in [2.24, 2.45) is 0 Å². The van der Waals surface area contributed by atoms with Crippen molar-refractivity contribution in [1.29, 1.82) is 0 Å². The molecule has 14 heavy (non-hydrogen) atoms. The van der Waals surface area contributed by atoms with Crippen molar-refractivity contribution < 1.29 is 4.42 Å². The molecule has 3 nitrogen and oxygen atoms in total. The van der Waals surface area contributed by atoms with Crippen LogP contribution in [0.2, 0.25) is 10.3 Å². The van der Waals surface area contributed by atoms with Gasteiger partial charge in [0.1, 0.15) is 16.6 Å². The van der Waals surface area contributed by atoms with Gasteiger partial charge in [-0.15, -0.1) is 0 Å². The molecule has 2 heterocycles. The fourth-order valence-electron chi connectivity index (χ4n) is 0.985. The Kier molecular flexibility index (Phi) is 2.44. The summed E-state index contributed by atoms with van der Waals surface area (Å²) >= 11 is 11.7. The lowest BCUT2D eigenvalue weighted by molar-refractivity contribution is 0.568. The number of rotatable bonds is 1. The van der Waals surface area contributed by atoms with E-state index in [0.29, 0.717) is 21.7 Å². The Bertz CT molecular complexity index is 431. The van der Waals surface area contributed by atoms with E-state index in [-0.39, 0.29) is 0 Å². The van der Waals surface area contributed by atoms with Crippen LogP contribution in [0.3, 0.4) is 0 Å². The second-order valence-electron chi connectivity index (χ2n) is 2.77. The highest BCUT2D eigenvalue weighted by molar-refractivity contribution is 6.34. The van der Waals surface area contributed by atoms with Gasteiger partial charge in [0.05, 0.1) is 11.8 Å². The van der Waals surface area contributed by atoms with Gasteiger partial charge >= 0.3 is 0 Å². The Morgan fingerprint density at radius 3 is 2.36 bits per heavy atom. The maximum atomic E-state index is 5.87. The SMILES string of the molecule is Cc1c(Cl)nc(-c2ccoc2)nc1Cl. The molecule has 0 N–H and O–H groups in total. The predicted octanol–water partition coefficient (Wildman–Crippen LogP) is 3.35. The highest BCUT2D eigenvalue weighted by Gasteiger charge is 2.09. The van der Waals surface area contributed by atoms with Gasteiger partial charge in [0.2, 0.25) is 0 Å². The van der Waals surface area contributed by atoms with E-state index < -0.39 is 0 Å². The van der Waals surface area contributed by atoms with Crippen LogP contribution in [0, 0.1) is 6.92 Å². The van der Waals surface area contributed by atoms with Gasteiger partial charge in [-0.2, -0.15) is 0 Å². The Morgan fingerprint density at radius 1 is 1.21 bits per heavy atom.